The fourth-order valence-electron chi connectivity index (χ4n) is 8.85. The molecule has 0 saturated carbocycles. The second kappa shape index (κ2) is 38.1. The van der Waals surface area contributed by atoms with Crippen LogP contribution in [0.1, 0.15) is 126 Å². The molecule has 2 rings (SSSR count). The molecule has 1 aliphatic heterocycles. The van der Waals surface area contributed by atoms with Crippen LogP contribution in [0.15, 0.2) is 35.3 Å². The van der Waals surface area contributed by atoms with Gasteiger partial charge in [-0.3, -0.25) is 67.3 Å². The summed E-state index contributed by atoms with van der Waals surface area (Å²) in [6.45, 7) is 12.1. The van der Waals surface area contributed by atoms with E-state index in [0.29, 0.717) is 6.42 Å². The molecule has 1 aliphatic rings. The molecule has 1 heterocycles. The molecule has 0 aliphatic carbocycles. The Hall–Kier alpha value is -8.32. The lowest BCUT2D eigenvalue weighted by Gasteiger charge is -2.31. The summed E-state index contributed by atoms with van der Waals surface area (Å²) in [4.78, 5) is 180. The summed E-state index contributed by atoms with van der Waals surface area (Å²) in [7, 11) is 0. The van der Waals surface area contributed by atoms with E-state index in [9.17, 15) is 72.5 Å². The Morgan fingerprint density at radius 1 is 0.648 bits per heavy atom. The van der Waals surface area contributed by atoms with Gasteiger partial charge in [0.2, 0.25) is 70.9 Å². The number of nitrogens with two attached hydrogens (primary N) is 4. The first kappa shape index (κ1) is 75.8. The van der Waals surface area contributed by atoms with Crippen LogP contribution in [-0.2, 0) is 73.5 Å². The third-order valence-corrected chi connectivity index (χ3v) is 15.0. The van der Waals surface area contributed by atoms with E-state index >= 15 is 0 Å². The van der Waals surface area contributed by atoms with Crippen molar-refractivity contribution in [3.63, 3.8) is 0 Å². The molecule has 1 aromatic rings. The molecule has 1 saturated heterocycles. The van der Waals surface area contributed by atoms with Gasteiger partial charge in [-0.15, -0.1) is 0 Å². The average Bonchev–Trinajstić information content (AvgIpc) is 3.58. The fraction of sp³-hybridized carbons (Fsp3) is 0.649. The Morgan fingerprint density at radius 2 is 1.14 bits per heavy atom. The van der Waals surface area contributed by atoms with Crippen molar-refractivity contribution in [3.8, 4) is 0 Å². The highest BCUT2D eigenvalue weighted by atomic mass is 16.5. The zero-order chi connectivity index (χ0) is 66.5. The van der Waals surface area contributed by atoms with Gasteiger partial charge in [0.25, 0.3) is 0 Å². The molecule has 20 N–H and O–H groups in total. The van der Waals surface area contributed by atoms with Gasteiger partial charge in [0.15, 0.2) is 0 Å². The Morgan fingerprint density at radius 3 is 1.64 bits per heavy atom. The minimum atomic E-state index is -1.86. The number of carbonyl (C=O) groups excluding carboxylic acids is 13. The first-order valence-electron chi connectivity index (χ1n) is 29.5. The van der Waals surface area contributed by atoms with E-state index in [2.05, 4.69) is 58.2 Å². The number of rotatable bonds is 32. The van der Waals surface area contributed by atoms with E-state index in [-0.39, 0.29) is 50.9 Å². The van der Waals surface area contributed by atoms with Gasteiger partial charge in [-0.05, 0) is 76.2 Å². The lowest BCUT2D eigenvalue weighted by Crippen LogP contribution is -2.63. The van der Waals surface area contributed by atoms with Crippen molar-refractivity contribution in [3.05, 3.63) is 35.9 Å². The van der Waals surface area contributed by atoms with E-state index in [1.54, 1.807) is 78.8 Å². The van der Waals surface area contributed by atoms with Gasteiger partial charge in [-0.1, -0.05) is 91.1 Å². The lowest BCUT2D eigenvalue weighted by molar-refractivity contribution is -0.153. The molecule has 0 unspecified atom stereocenters. The van der Waals surface area contributed by atoms with E-state index in [4.69, 9.17) is 27.7 Å². The quantitative estimate of drug-likeness (QED) is 0.0139. The number of hydrogen-bond acceptors (Lipinski definition) is 18. The van der Waals surface area contributed by atoms with E-state index in [1.807, 2.05) is 0 Å². The van der Waals surface area contributed by atoms with Crippen LogP contribution in [0.2, 0.25) is 0 Å². The molecule has 1 fully saturated rings. The summed E-state index contributed by atoms with van der Waals surface area (Å²) >= 11 is 0. The number of nitrogens with one attached hydrogen (secondary N) is 10. The standard InChI is InChI=1S/C57H93N15O16/c1-10-28(4)43(69-49(79)35(59)25-34-17-14-13-15-18-34)54(84)67-39(26-73)52(82)66-38(20-22-41(60)75)51(81)70-45(30(6)12-3)56(86)71-44(29(5)11-2)55(85)68-40(27-74)53(83)72-46-32(8)88-42(76)23-21-36(47(61)77)64-50(80)37(19-16-24-62-33(9)58)65-48(78)31(7)63-57(46)87/h13-15,17-18,28-32,35-40,43-46,73-74H,10-12,16,19-27,59H2,1-9H3,(H2,58,62)(H2,60,75)(H2,61,77)(H,63,87)(H,64,80)(H,65,78)(H,66,82)(H,67,84)(H,68,85)(H,69,79)(H,70,81)(H,71,86)(H,72,83)/t28-,29-,30-,31-,32-,35-,36-,37-,38-,39-,40-,43-,44-,45-,46+/m0/s1. The van der Waals surface area contributed by atoms with Crippen LogP contribution in [0.5, 0.6) is 0 Å². The summed E-state index contributed by atoms with van der Waals surface area (Å²) < 4.78 is 5.46. The number of nitrogens with zero attached hydrogens (tertiary/aromatic N) is 1. The highest BCUT2D eigenvalue weighted by Crippen LogP contribution is 2.16. The van der Waals surface area contributed by atoms with Gasteiger partial charge in [-0.2, -0.15) is 0 Å². The topological polar surface area (TPSA) is 508 Å². The van der Waals surface area contributed by atoms with Crippen LogP contribution < -0.4 is 76.1 Å². The maximum atomic E-state index is 14.4. The predicted molar refractivity (Wildman–Crippen MR) is 319 cm³/mol. The molecular weight excluding hydrogens is 1150 g/mol. The number of hydrogen-bond donors (Lipinski definition) is 16. The maximum absolute atomic E-state index is 14.4. The highest BCUT2D eigenvalue weighted by Gasteiger charge is 2.40. The Labute approximate surface area is 512 Å². The number of aliphatic hydroxyl groups is 2. The number of cyclic esters (lactones) is 1. The Balaban J connectivity index is 2.39. The molecule has 0 aromatic heterocycles. The molecular formula is C57H93N15O16. The summed E-state index contributed by atoms with van der Waals surface area (Å²) in [5.41, 5.74) is 23.5. The SMILES string of the molecule is CC[C@H](C)[C@H](NC(=O)[C@H](CCC(N)=O)NC(=O)[C@H](CO)NC(=O)[C@@H](NC(=O)[C@@H](N)Cc1ccccc1)[C@@H](C)CC)C(=O)N[C@H](C(=O)N[C@@H](CO)C(=O)N[C@H]1C(=O)N[C@@H](C)C(=O)N[C@@H](CCCN=C(C)N)C(=O)N[C@H](C(N)=O)CCC(=O)O[C@H]1C)[C@@H](C)CC. The predicted octanol–water partition coefficient (Wildman–Crippen LogP) is -4.82. The monoisotopic (exact) mass is 1240 g/mol. The number of aliphatic imine (C=N–C) groups is 1. The second-order valence-electron chi connectivity index (χ2n) is 22.1. The number of amides is 12. The Bertz CT molecular complexity index is 2610. The van der Waals surface area contributed by atoms with Crippen LogP contribution in [-0.4, -0.2) is 185 Å². The fourth-order valence-corrected chi connectivity index (χ4v) is 8.85. The first-order valence-corrected chi connectivity index (χ1v) is 29.5. The van der Waals surface area contributed by atoms with E-state index in [1.165, 1.54) is 13.8 Å². The van der Waals surface area contributed by atoms with Crippen LogP contribution in [0.4, 0.5) is 0 Å². The number of primary amides is 2. The average molecular weight is 1240 g/mol. The van der Waals surface area contributed by atoms with Crippen LogP contribution in [0.3, 0.4) is 0 Å². The minimum absolute atomic E-state index is 0.0130. The number of ether oxygens (including phenoxy) is 1. The van der Waals surface area contributed by atoms with Gasteiger partial charge >= 0.3 is 5.97 Å². The van der Waals surface area contributed by atoms with Crippen LogP contribution in [0, 0.1) is 17.8 Å². The maximum Gasteiger partial charge on any atom is 0.306 e. The smallest absolute Gasteiger partial charge is 0.306 e. The summed E-state index contributed by atoms with van der Waals surface area (Å²) in [5.74, 6) is -14.1. The molecule has 492 valence electrons. The van der Waals surface area contributed by atoms with Gasteiger partial charge in [0, 0.05) is 19.4 Å². The molecule has 0 spiro atoms. The first-order chi connectivity index (χ1) is 41.4. The van der Waals surface area contributed by atoms with Crippen molar-refractivity contribution in [2.75, 3.05) is 19.8 Å². The van der Waals surface area contributed by atoms with E-state index < -0.39 is 200 Å². The molecule has 0 radical (unpaired) electrons. The van der Waals surface area contributed by atoms with Gasteiger partial charge < -0.3 is 91.1 Å². The molecule has 15 atom stereocenters. The van der Waals surface area contributed by atoms with E-state index in [0.717, 1.165) is 5.56 Å². The second-order valence-corrected chi connectivity index (χ2v) is 22.1. The minimum Gasteiger partial charge on any atom is -0.460 e. The molecule has 31 heteroatoms. The van der Waals surface area contributed by atoms with Gasteiger partial charge in [0.05, 0.1) is 25.1 Å². The van der Waals surface area contributed by atoms with Crippen molar-refractivity contribution in [1.29, 1.82) is 0 Å². The summed E-state index contributed by atoms with van der Waals surface area (Å²) in [6.07, 6.45) is -2.08. The third-order valence-electron chi connectivity index (χ3n) is 15.0. The van der Waals surface area contributed by atoms with Gasteiger partial charge in [-0.25, -0.2) is 0 Å². The zero-order valence-corrected chi connectivity index (χ0v) is 51.6. The van der Waals surface area contributed by atoms with Crippen molar-refractivity contribution < 1.29 is 77.3 Å². The number of esters is 1. The normalized spacial score (nSPS) is 21.2. The molecule has 31 nitrogen and oxygen atoms in total. The number of benzene rings is 1. The van der Waals surface area contributed by atoms with Crippen molar-refractivity contribution >= 4 is 82.7 Å². The third kappa shape index (κ3) is 25.2. The van der Waals surface area contributed by atoms with Gasteiger partial charge in [0.1, 0.15) is 66.5 Å². The molecule has 88 heavy (non-hydrogen) atoms. The summed E-state index contributed by atoms with van der Waals surface area (Å²) in [6, 6.07) is -7.44. The number of amidine groups is 1. The number of carbonyl (C=O) groups is 13. The largest absolute Gasteiger partial charge is 0.460 e. The van der Waals surface area contributed by atoms with Crippen molar-refractivity contribution in [1.82, 2.24) is 53.2 Å². The molecule has 1 aromatic carbocycles. The lowest BCUT2D eigenvalue weighted by atomic mass is 9.94. The highest BCUT2D eigenvalue weighted by molar-refractivity contribution is 5.99. The van der Waals surface area contributed by atoms with Crippen molar-refractivity contribution in [2.45, 2.75) is 199 Å². The zero-order valence-electron chi connectivity index (χ0n) is 51.6. The summed E-state index contributed by atoms with van der Waals surface area (Å²) in [5, 5.41) is 45.5. The molecule has 0 bridgehead atoms. The molecule has 12 amide bonds. The van der Waals surface area contributed by atoms with Crippen molar-refractivity contribution in [2.24, 2.45) is 45.7 Å². The van der Waals surface area contributed by atoms with Crippen LogP contribution in [0.25, 0.3) is 0 Å². The Kier molecular flexibility index (Phi) is 32.8. The van der Waals surface area contributed by atoms with Crippen LogP contribution >= 0.6 is 0 Å². The number of aliphatic hydroxyl groups excluding tert-OH is 2.